The van der Waals surface area contributed by atoms with E-state index in [2.05, 4.69) is 5.10 Å². The Bertz CT molecular complexity index is 627. The molecule has 3 rings (SSSR count). The van der Waals surface area contributed by atoms with Crippen LogP contribution in [0.25, 0.3) is 0 Å². The van der Waals surface area contributed by atoms with E-state index in [9.17, 15) is 9.59 Å². The third-order valence-electron chi connectivity index (χ3n) is 5.73. The molecule has 0 radical (unpaired) electrons. The van der Waals surface area contributed by atoms with Crippen LogP contribution in [-0.4, -0.2) is 38.2 Å². The third-order valence-corrected chi connectivity index (χ3v) is 5.73. The van der Waals surface area contributed by atoms with Gasteiger partial charge in [0.2, 0.25) is 5.91 Å². The van der Waals surface area contributed by atoms with Crippen LogP contribution in [0, 0.1) is 5.92 Å². The van der Waals surface area contributed by atoms with Gasteiger partial charge in [-0.25, -0.2) is 9.48 Å². The molecule has 1 aliphatic carbocycles. The Hall–Kier alpha value is -1.59. The molecule has 6 nitrogen and oxygen atoms in total. The van der Waals surface area contributed by atoms with Gasteiger partial charge in [-0.2, -0.15) is 5.10 Å². The number of rotatable bonds is 5. The first-order valence-electron chi connectivity index (χ1n) is 9.51. The number of nitrogens with zero attached hydrogens (tertiary/aromatic N) is 4. The van der Waals surface area contributed by atoms with Gasteiger partial charge in [0.25, 0.3) is 0 Å². The number of likely N-dealkylation sites (tertiary alicyclic amines) is 1. The molecular weight excluding hydrogens is 304 g/mol. The van der Waals surface area contributed by atoms with Gasteiger partial charge in [0.1, 0.15) is 5.82 Å². The van der Waals surface area contributed by atoms with Gasteiger partial charge >= 0.3 is 5.69 Å². The Balaban J connectivity index is 1.62. The molecular formula is C18H30N4O2. The number of amides is 1. The minimum atomic E-state index is -0.0582. The van der Waals surface area contributed by atoms with Crippen molar-refractivity contribution in [3.05, 3.63) is 16.3 Å². The van der Waals surface area contributed by atoms with Crippen LogP contribution in [0.2, 0.25) is 0 Å². The van der Waals surface area contributed by atoms with Crippen molar-refractivity contribution >= 4 is 5.91 Å². The number of carbonyl (C=O) groups is 1. The molecule has 1 aromatic heterocycles. The summed E-state index contributed by atoms with van der Waals surface area (Å²) >= 11 is 0. The molecule has 2 fully saturated rings. The van der Waals surface area contributed by atoms with E-state index in [1.807, 2.05) is 11.8 Å². The normalized spacial score (nSPS) is 22.2. The second-order valence-electron chi connectivity index (χ2n) is 7.38. The molecule has 0 N–H and O–H groups in total. The first-order valence-corrected chi connectivity index (χ1v) is 9.51. The molecule has 1 saturated heterocycles. The van der Waals surface area contributed by atoms with Gasteiger partial charge in [-0.05, 0) is 32.1 Å². The lowest BCUT2D eigenvalue weighted by atomic mass is 9.96. The number of aryl methyl sites for hydroxylation is 1. The lowest BCUT2D eigenvalue weighted by Crippen LogP contribution is -2.40. The summed E-state index contributed by atoms with van der Waals surface area (Å²) < 4.78 is 3.16. The van der Waals surface area contributed by atoms with Gasteiger partial charge in [-0.1, -0.05) is 25.7 Å². The summed E-state index contributed by atoms with van der Waals surface area (Å²) in [6.07, 6.45) is 8.98. The van der Waals surface area contributed by atoms with Gasteiger partial charge in [-0.3, -0.25) is 9.36 Å². The minimum Gasteiger partial charge on any atom is -0.342 e. The number of hydrogen-bond acceptors (Lipinski definition) is 3. The van der Waals surface area contributed by atoms with Crippen molar-refractivity contribution < 1.29 is 4.79 Å². The van der Waals surface area contributed by atoms with Gasteiger partial charge in [0.15, 0.2) is 0 Å². The molecule has 6 heteroatoms. The maximum Gasteiger partial charge on any atom is 0.345 e. The van der Waals surface area contributed by atoms with Crippen LogP contribution >= 0.6 is 0 Å². The summed E-state index contributed by atoms with van der Waals surface area (Å²) in [7, 11) is 1.70. The smallest absolute Gasteiger partial charge is 0.342 e. The monoisotopic (exact) mass is 334 g/mol. The van der Waals surface area contributed by atoms with Gasteiger partial charge in [-0.15, -0.1) is 0 Å². The SMILES string of the molecule is CCn1c(C2CCCN(C(=O)CCC3CCCC3)C2)nn(C)c1=O. The fraction of sp³-hybridized carbons (Fsp3) is 0.833. The molecule has 0 aromatic carbocycles. The Kier molecular flexibility index (Phi) is 5.41. The summed E-state index contributed by atoms with van der Waals surface area (Å²) in [6.45, 7) is 4.16. The molecule has 2 aliphatic rings. The molecule has 1 aromatic rings. The van der Waals surface area contributed by atoms with Crippen molar-refractivity contribution in [2.24, 2.45) is 13.0 Å². The van der Waals surface area contributed by atoms with Crippen LogP contribution in [0.3, 0.4) is 0 Å². The van der Waals surface area contributed by atoms with E-state index in [1.165, 1.54) is 30.4 Å². The van der Waals surface area contributed by atoms with Gasteiger partial charge < -0.3 is 4.90 Å². The standard InChI is InChI=1S/C18H30N4O2/c1-3-22-17(19-20(2)18(22)24)15-9-6-12-21(13-15)16(23)11-10-14-7-4-5-8-14/h14-15H,3-13H2,1-2H3. The lowest BCUT2D eigenvalue weighted by Gasteiger charge is -2.32. The zero-order valence-corrected chi connectivity index (χ0v) is 15.0. The second-order valence-corrected chi connectivity index (χ2v) is 7.38. The summed E-state index contributed by atoms with van der Waals surface area (Å²) in [6, 6.07) is 0. The minimum absolute atomic E-state index is 0.0582. The van der Waals surface area contributed by atoms with E-state index in [1.54, 1.807) is 11.6 Å². The Morgan fingerprint density at radius 1 is 1.21 bits per heavy atom. The molecule has 134 valence electrons. The third kappa shape index (κ3) is 3.57. The molecule has 2 heterocycles. The largest absolute Gasteiger partial charge is 0.345 e. The summed E-state index contributed by atoms with van der Waals surface area (Å²) in [5.74, 6) is 2.07. The van der Waals surface area contributed by atoms with Crippen LogP contribution in [0.4, 0.5) is 0 Å². The number of carbonyl (C=O) groups excluding carboxylic acids is 1. The van der Waals surface area contributed by atoms with Crippen LogP contribution in [0.5, 0.6) is 0 Å². The highest BCUT2D eigenvalue weighted by Gasteiger charge is 2.29. The Labute approximate surface area is 143 Å². The summed E-state index contributed by atoms with van der Waals surface area (Å²) in [4.78, 5) is 26.7. The van der Waals surface area contributed by atoms with Gasteiger partial charge in [0.05, 0.1) is 0 Å². The van der Waals surface area contributed by atoms with Crippen molar-refractivity contribution in [3.63, 3.8) is 0 Å². The van der Waals surface area contributed by atoms with Crippen molar-refractivity contribution in [2.45, 2.75) is 70.8 Å². The van der Waals surface area contributed by atoms with E-state index in [4.69, 9.17) is 0 Å². The zero-order chi connectivity index (χ0) is 17.1. The number of aromatic nitrogens is 3. The molecule has 1 aliphatic heterocycles. The van der Waals surface area contributed by atoms with E-state index in [0.717, 1.165) is 37.5 Å². The van der Waals surface area contributed by atoms with Crippen LogP contribution in [0.1, 0.15) is 70.0 Å². The van der Waals surface area contributed by atoms with E-state index in [-0.39, 0.29) is 17.5 Å². The van der Waals surface area contributed by atoms with Gasteiger partial charge in [0, 0.05) is 39.0 Å². The summed E-state index contributed by atoms with van der Waals surface area (Å²) in [5.41, 5.74) is -0.0582. The van der Waals surface area contributed by atoms with Crippen LogP contribution in [-0.2, 0) is 18.4 Å². The maximum atomic E-state index is 12.6. The quantitative estimate of drug-likeness (QED) is 0.830. The van der Waals surface area contributed by atoms with Crippen molar-refractivity contribution in [1.29, 1.82) is 0 Å². The zero-order valence-electron chi connectivity index (χ0n) is 15.0. The first-order chi connectivity index (χ1) is 11.6. The van der Waals surface area contributed by atoms with E-state index in [0.29, 0.717) is 19.5 Å². The predicted molar refractivity (Wildman–Crippen MR) is 92.9 cm³/mol. The highest BCUT2D eigenvalue weighted by Crippen LogP contribution is 2.30. The molecule has 1 atom stereocenters. The molecule has 0 bridgehead atoms. The van der Waals surface area contributed by atoms with Crippen molar-refractivity contribution in [3.8, 4) is 0 Å². The lowest BCUT2D eigenvalue weighted by molar-refractivity contribution is -0.132. The van der Waals surface area contributed by atoms with E-state index < -0.39 is 0 Å². The molecule has 1 saturated carbocycles. The fourth-order valence-electron chi connectivity index (χ4n) is 4.32. The fourth-order valence-corrected chi connectivity index (χ4v) is 4.32. The molecule has 0 spiro atoms. The molecule has 24 heavy (non-hydrogen) atoms. The average Bonchev–Trinajstić information content (AvgIpc) is 3.21. The van der Waals surface area contributed by atoms with Crippen LogP contribution < -0.4 is 5.69 Å². The topological polar surface area (TPSA) is 60.1 Å². The predicted octanol–water partition coefficient (Wildman–Crippen LogP) is 2.28. The Morgan fingerprint density at radius 3 is 2.67 bits per heavy atom. The average molecular weight is 334 g/mol. The van der Waals surface area contributed by atoms with Crippen molar-refractivity contribution in [1.82, 2.24) is 19.2 Å². The highest BCUT2D eigenvalue weighted by molar-refractivity contribution is 5.76. The number of piperidine rings is 1. The first kappa shape index (κ1) is 17.2. The highest BCUT2D eigenvalue weighted by atomic mass is 16.2. The summed E-state index contributed by atoms with van der Waals surface area (Å²) in [5, 5.41) is 4.44. The van der Waals surface area contributed by atoms with Crippen molar-refractivity contribution in [2.75, 3.05) is 13.1 Å². The Morgan fingerprint density at radius 2 is 1.96 bits per heavy atom. The maximum absolute atomic E-state index is 12.6. The second kappa shape index (κ2) is 7.53. The molecule has 1 unspecified atom stereocenters. The number of hydrogen-bond donors (Lipinski definition) is 0. The van der Waals surface area contributed by atoms with E-state index >= 15 is 0 Å². The molecule has 1 amide bonds. The van der Waals surface area contributed by atoms with Crippen LogP contribution in [0.15, 0.2) is 4.79 Å².